The maximum atomic E-state index is 11.1. The van der Waals surface area contributed by atoms with Gasteiger partial charge in [-0.1, -0.05) is 19.3 Å². The standard InChI is InChI=1S/C16H24N2O2/c1-2-17-15-9-8-12(16(19)20)10-13(15)11-18-14-6-4-3-5-7-14/h8-10,14,17-18H,2-7,11H2,1H3,(H,19,20). The van der Waals surface area contributed by atoms with E-state index in [4.69, 9.17) is 5.11 Å². The molecule has 1 aliphatic rings. The summed E-state index contributed by atoms with van der Waals surface area (Å²) in [6.45, 7) is 3.61. The maximum Gasteiger partial charge on any atom is 0.335 e. The fraction of sp³-hybridized carbons (Fsp3) is 0.562. The first-order valence-electron chi connectivity index (χ1n) is 7.54. The SMILES string of the molecule is CCNc1ccc(C(=O)O)cc1CNC1CCCCC1. The molecule has 1 fully saturated rings. The fourth-order valence-electron chi connectivity index (χ4n) is 2.80. The lowest BCUT2D eigenvalue weighted by molar-refractivity contribution is 0.0697. The minimum Gasteiger partial charge on any atom is -0.478 e. The van der Waals surface area contributed by atoms with E-state index in [2.05, 4.69) is 10.6 Å². The number of carbonyl (C=O) groups is 1. The Hall–Kier alpha value is -1.55. The first-order chi connectivity index (χ1) is 9.70. The molecule has 1 aromatic carbocycles. The van der Waals surface area contributed by atoms with Crippen molar-refractivity contribution in [2.45, 2.75) is 51.6 Å². The van der Waals surface area contributed by atoms with Gasteiger partial charge in [0.1, 0.15) is 0 Å². The average Bonchev–Trinajstić information content (AvgIpc) is 2.47. The van der Waals surface area contributed by atoms with Gasteiger partial charge < -0.3 is 15.7 Å². The first-order valence-corrected chi connectivity index (χ1v) is 7.54. The lowest BCUT2D eigenvalue weighted by Gasteiger charge is -2.23. The molecule has 0 saturated heterocycles. The van der Waals surface area contributed by atoms with Gasteiger partial charge in [-0.05, 0) is 43.5 Å². The minimum atomic E-state index is -0.869. The van der Waals surface area contributed by atoms with Crippen LogP contribution in [0.4, 0.5) is 5.69 Å². The molecule has 0 radical (unpaired) electrons. The fourth-order valence-corrected chi connectivity index (χ4v) is 2.80. The molecule has 4 nitrogen and oxygen atoms in total. The molecule has 1 aromatic rings. The molecule has 0 aliphatic heterocycles. The number of carboxylic acids is 1. The van der Waals surface area contributed by atoms with Crippen molar-refractivity contribution in [2.24, 2.45) is 0 Å². The number of aromatic carboxylic acids is 1. The van der Waals surface area contributed by atoms with Crippen LogP contribution < -0.4 is 10.6 Å². The Kier molecular flexibility index (Phi) is 5.41. The van der Waals surface area contributed by atoms with Crippen LogP contribution >= 0.6 is 0 Å². The Labute approximate surface area is 120 Å². The molecular formula is C16H24N2O2. The van der Waals surface area contributed by atoms with Gasteiger partial charge in [0.15, 0.2) is 0 Å². The second-order valence-electron chi connectivity index (χ2n) is 5.42. The van der Waals surface area contributed by atoms with E-state index in [9.17, 15) is 4.79 Å². The number of hydrogen-bond donors (Lipinski definition) is 3. The Bertz CT molecular complexity index is 454. The van der Waals surface area contributed by atoms with E-state index < -0.39 is 5.97 Å². The third-order valence-electron chi connectivity index (χ3n) is 3.91. The summed E-state index contributed by atoms with van der Waals surface area (Å²) in [6, 6.07) is 5.87. The summed E-state index contributed by atoms with van der Waals surface area (Å²) in [7, 11) is 0. The molecule has 4 heteroatoms. The molecule has 0 heterocycles. The molecule has 0 amide bonds. The van der Waals surface area contributed by atoms with Gasteiger partial charge in [0.2, 0.25) is 0 Å². The molecular weight excluding hydrogens is 252 g/mol. The Morgan fingerprint density at radius 3 is 2.70 bits per heavy atom. The van der Waals surface area contributed by atoms with Crippen molar-refractivity contribution in [3.8, 4) is 0 Å². The number of anilines is 1. The lowest BCUT2D eigenvalue weighted by atomic mass is 9.95. The van der Waals surface area contributed by atoms with Crippen molar-refractivity contribution in [1.29, 1.82) is 0 Å². The largest absolute Gasteiger partial charge is 0.478 e. The maximum absolute atomic E-state index is 11.1. The van der Waals surface area contributed by atoms with E-state index in [1.807, 2.05) is 13.0 Å². The highest BCUT2D eigenvalue weighted by molar-refractivity contribution is 5.88. The molecule has 0 bridgehead atoms. The van der Waals surface area contributed by atoms with Crippen LogP contribution in [0.3, 0.4) is 0 Å². The molecule has 0 spiro atoms. The molecule has 1 saturated carbocycles. The zero-order valence-electron chi connectivity index (χ0n) is 12.1. The van der Waals surface area contributed by atoms with Crippen LogP contribution in [-0.2, 0) is 6.54 Å². The normalized spacial score (nSPS) is 16.1. The molecule has 3 N–H and O–H groups in total. The number of carboxylic acid groups (broad SMARTS) is 1. The van der Waals surface area contributed by atoms with Gasteiger partial charge in [-0.15, -0.1) is 0 Å². The van der Waals surface area contributed by atoms with Gasteiger partial charge in [-0.25, -0.2) is 4.79 Å². The van der Waals surface area contributed by atoms with E-state index in [1.54, 1.807) is 12.1 Å². The van der Waals surface area contributed by atoms with Crippen LogP contribution in [0.2, 0.25) is 0 Å². The van der Waals surface area contributed by atoms with Crippen LogP contribution in [0.1, 0.15) is 54.9 Å². The summed E-state index contributed by atoms with van der Waals surface area (Å²) in [4.78, 5) is 11.1. The Morgan fingerprint density at radius 2 is 2.05 bits per heavy atom. The van der Waals surface area contributed by atoms with Crippen molar-refractivity contribution in [2.75, 3.05) is 11.9 Å². The van der Waals surface area contributed by atoms with Crippen LogP contribution in [0.25, 0.3) is 0 Å². The predicted molar refractivity (Wildman–Crippen MR) is 81.3 cm³/mol. The van der Waals surface area contributed by atoms with Crippen LogP contribution in [-0.4, -0.2) is 23.7 Å². The Balaban J connectivity index is 2.06. The summed E-state index contributed by atoms with van der Waals surface area (Å²) in [6.07, 6.45) is 6.40. The highest BCUT2D eigenvalue weighted by Gasteiger charge is 2.14. The smallest absolute Gasteiger partial charge is 0.335 e. The van der Waals surface area contributed by atoms with E-state index in [-0.39, 0.29) is 0 Å². The molecule has 2 rings (SSSR count). The molecule has 0 unspecified atom stereocenters. The summed E-state index contributed by atoms with van der Waals surface area (Å²) >= 11 is 0. The highest BCUT2D eigenvalue weighted by atomic mass is 16.4. The Morgan fingerprint density at radius 1 is 1.30 bits per heavy atom. The van der Waals surface area contributed by atoms with Crippen molar-refractivity contribution in [1.82, 2.24) is 5.32 Å². The van der Waals surface area contributed by atoms with Gasteiger partial charge >= 0.3 is 5.97 Å². The summed E-state index contributed by atoms with van der Waals surface area (Å²) in [5, 5.41) is 16.0. The number of benzene rings is 1. The topological polar surface area (TPSA) is 61.4 Å². The van der Waals surface area contributed by atoms with Crippen molar-refractivity contribution < 1.29 is 9.90 Å². The third-order valence-corrected chi connectivity index (χ3v) is 3.91. The lowest BCUT2D eigenvalue weighted by Crippen LogP contribution is -2.30. The van der Waals surface area contributed by atoms with Crippen LogP contribution in [0.5, 0.6) is 0 Å². The van der Waals surface area contributed by atoms with Crippen molar-refractivity contribution in [3.05, 3.63) is 29.3 Å². The van der Waals surface area contributed by atoms with Crippen LogP contribution in [0, 0.1) is 0 Å². The quantitative estimate of drug-likeness (QED) is 0.746. The van der Waals surface area contributed by atoms with Crippen molar-refractivity contribution >= 4 is 11.7 Å². The monoisotopic (exact) mass is 276 g/mol. The van der Waals surface area contributed by atoms with Crippen LogP contribution in [0.15, 0.2) is 18.2 Å². The van der Waals surface area contributed by atoms with E-state index in [0.717, 1.165) is 24.3 Å². The number of rotatable bonds is 6. The van der Waals surface area contributed by atoms with Gasteiger partial charge in [0.25, 0.3) is 0 Å². The zero-order valence-corrected chi connectivity index (χ0v) is 12.1. The van der Waals surface area contributed by atoms with Crippen molar-refractivity contribution in [3.63, 3.8) is 0 Å². The third kappa shape index (κ3) is 3.97. The summed E-state index contributed by atoms with van der Waals surface area (Å²) in [5.41, 5.74) is 2.42. The second kappa shape index (κ2) is 7.29. The predicted octanol–water partition coefficient (Wildman–Crippen LogP) is 3.24. The summed E-state index contributed by atoms with van der Waals surface area (Å²) in [5.74, 6) is -0.869. The van der Waals surface area contributed by atoms with Gasteiger partial charge in [-0.2, -0.15) is 0 Å². The van der Waals surface area contributed by atoms with E-state index in [1.165, 1.54) is 32.1 Å². The molecule has 0 atom stereocenters. The van der Waals surface area contributed by atoms with E-state index >= 15 is 0 Å². The van der Waals surface area contributed by atoms with Gasteiger partial charge in [-0.3, -0.25) is 0 Å². The minimum absolute atomic E-state index is 0.354. The van der Waals surface area contributed by atoms with E-state index in [0.29, 0.717) is 11.6 Å². The van der Waals surface area contributed by atoms with Gasteiger partial charge in [0.05, 0.1) is 5.56 Å². The molecule has 1 aliphatic carbocycles. The highest BCUT2D eigenvalue weighted by Crippen LogP contribution is 2.21. The average molecular weight is 276 g/mol. The number of hydrogen-bond acceptors (Lipinski definition) is 3. The second-order valence-corrected chi connectivity index (χ2v) is 5.42. The van der Waals surface area contributed by atoms with Gasteiger partial charge in [0, 0.05) is 24.8 Å². The summed E-state index contributed by atoms with van der Waals surface area (Å²) < 4.78 is 0. The zero-order chi connectivity index (χ0) is 14.4. The molecule has 110 valence electrons. The molecule has 20 heavy (non-hydrogen) atoms. The molecule has 0 aromatic heterocycles. The number of nitrogens with one attached hydrogen (secondary N) is 2. The first kappa shape index (κ1) is 14.9.